The Balaban J connectivity index is 1.67. The molecule has 0 spiro atoms. The van der Waals surface area contributed by atoms with Crippen LogP contribution in [0.3, 0.4) is 0 Å². The summed E-state index contributed by atoms with van der Waals surface area (Å²) < 4.78 is 0. The lowest BCUT2D eigenvalue weighted by Gasteiger charge is -2.34. The molecule has 112 valence electrons. The van der Waals surface area contributed by atoms with Gasteiger partial charge in [0.2, 0.25) is 5.95 Å². The lowest BCUT2D eigenvalue weighted by atomic mass is 10.3. The first-order valence-corrected chi connectivity index (χ1v) is 7.89. The topological polar surface area (TPSA) is 65.4 Å². The first-order chi connectivity index (χ1) is 10.1. The summed E-state index contributed by atoms with van der Waals surface area (Å²) in [5.74, 6) is 0.789. The number of nitrogens with zero attached hydrogens (tertiary/aromatic N) is 5. The van der Waals surface area contributed by atoms with E-state index in [4.69, 9.17) is 0 Å². The fraction of sp³-hybridized carbons (Fsp3) is 0.500. The molecule has 1 aliphatic rings. The molecule has 2 aromatic rings. The highest BCUT2D eigenvalue weighted by Crippen LogP contribution is 2.31. The van der Waals surface area contributed by atoms with E-state index in [0.717, 1.165) is 47.8 Å². The third-order valence-corrected chi connectivity index (χ3v) is 4.97. The Morgan fingerprint density at radius 3 is 2.33 bits per heavy atom. The van der Waals surface area contributed by atoms with Crippen LogP contribution in [0.4, 0.5) is 11.1 Å². The van der Waals surface area contributed by atoms with Crippen molar-refractivity contribution in [3.05, 3.63) is 29.0 Å². The predicted octanol–water partition coefficient (Wildman–Crippen LogP) is 1.62. The van der Waals surface area contributed by atoms with Gasteiger partial charge < -0.3 is 14.9 Å². The quantitative estimate of drug-likeness (QED) is 0.929. The van der Waals surface area contributed by atoms with E-state index in [2.05, 4.69) is 24.8 Å². The lowest BCUT2D eigenvalue weighted by Crippen LogP contribution is -2.47. The molecule has 1 saturated heterocycles. The van der Waals surface area contributed by atoms with Crippen LogP contribution >= 0.6 is 11.3 Å². The van der Waals surface area contributed by atoms with Crippen LogP contribution in [0.1, 0.15) is 23.6 Å². The predicted molar refractivity (Wildman–Crippen MR) is 83.9 cm³/mol. The molecule has 3 rings (SSSR count). The molecule has 6 nitrogen and oxygen atoms in total. The van der Waals surface area contributed by atoms with Gasteiger partial charge in [0.05, 0.1) is 16.7 Å². The van der Waals surface area contributed by atoms with Crippen LogP contribution in [0, 0.1) is 6.92 Å². The highest BCUT2D eigenvalue weighted by molar-refractivity contribution is 7.15. The van der Waals surface area contributed by atoms with Crippen molar-refractivity contribution in [2.45, 2.75) is 20.0 Å². The standard InChI is InChI=1S/C14H19N5OS/c1-10-12(11(2)20)21-14(17-10)19-8-6-18(7-9-19)13-15-4-3-5-16-13/h3-5,11,20H,6-9H2,1-2H3. The van der Waals surface area contributed by atoms with E-state index in [-0.39, 0.29) is 0 Å². The Hall–Kier alpha value is -1.73. The number of hydrogen-bond acceptors (Lipinski definition) is 7. The Labute approximate surface area is 128 Å². The van der Waals surface area contributed by atoms with E-state index in [1.165, 1.54) is 0 Å². The fourth-order valence-electron chi connectivity index (χ4n) is 2.47. The van der Waals surface area contributed by atoms with E-state index in [0.29, 0.717) is 0 Å². The molecular formula is C14H19N5OS. The zero-order chi connectivity index (χ0) is 14.8. The molecule has 1 N–H and O–H groups in total. The number of aryl methyl sites for hydroxylation is 1. The summed E-state index contributed by atoms with van der Waals surface area (Å²) in [6.45, 7) is 7.29. The number of rotatable bonds is 3. The van der Waals surface area contributed by atoms with Crippen molar-refractivity contribution < 1.29 is 5.11 Å². The lowest BCUT2D eigenvalue weighted by molar-refractivity contribution is 0.202. The Morgan fingerprint density at radius 1 is 1.14 bits per heavy atom. The van der Waals surface area contributed by atoms with Gasteiger partial charge in [-0.1, -0.05) is 11.3 Å². The van der Waals surface area contributed by atoms with Crippen molar-refractivity contribution in [3.63, 3.8) is 0 Å². The molecule has 1 atom stereocenters. The van der Waals surface area contributed by atoms with Crippen LogP contribution in [0.2, 0.25) is 0 Å². The molecule has 0 aliphatic carbocycles. The van der Waals surface area contributed by atoms with Crippen LogP contribution in [0.5, 0.6) is 0 Å². The van der Waals surface area contributed by atoms with Crippen molar-refractivity contribution >= 4 is 22.4 Å². The third-order valence-electron chi connectivity index (χ3n) is 3.59. The van der Waals surface area contributed by atoms with Crippen LogP contribution < -0.4 is 9.80 Å². The van der Waals surface area contributed by atoms with Crippen molar-refractivity contribution in [3.8, 4) is 0 Å². The van der Waals surface area contributed by atoms with Gasteiger partial charge in [-0.15, -0.1) is 0 Å². The number of aliphatic hydroxyl groups excluding tert-OH is 1. The maximum Gasteiger partial charge on any atom is 0.225 e. The minimum Gasteiger partial charge on any atom is -0.388 e. The monoisotopic (exact) mass is 305 g/mol. The first-order valence-electron chi connectivity index (χ1n) is 7.07. The Morgan fingerprint density at radius 2 is 1.76 bits per heavy atom. The molecule has 7 heteroatoms. The maximum atomic E-state index is 9.73. The number of thiazole rings is 1. The second-order valence-corrected chi connectivity index (χ2v) is 6.15. The zero-order valence-corrected chi connectivity index (χ0v) is 13.0. The number of hydrogen-bond donors (Lipinski definition) is 1. The molecule has 1 unspecified atom stereocenters. The molecule has 1 fully saturated rings. The average Bonchev–Trinajstić information content (AvgIpc) is 2.90. The van der Waals surface area contributed by atoms with Gasteiger partial charge in [0.15, 0.2) is 5.13 Å². The van der Waals surface area contributed by atoms with Crippen molar-refractivity contribution in [2.75, 3.05) is 36.0 Å². The second kappa shape index (κ2) is 5.95. The van der Waals surface area contributed by atoms with Crippen molar-refractivity contribution in [1.82, 2.24) is 15.0 Å². The van der Waals surface area contributed by atoms with Crippen molar-refractivity contribution in [1.29, 1.82) is 0 Å². The molecule has 21 heavy (non-hydrogen) atoms. The highest BCUT2D eigenvalue weighted by Gasteiger charge is 2.22. The average molecular weight is 305 g/mol. The van der Waals surface area contributed by atoms with Gasteiger partial charge in [0.25, 0.3) is 0 Å². The van der Waals surface area contributed by atoms with Crippen LogP contribution in [0.25, 0.3) is 0 Å². The van der Waals surface area contributed by atoms with Crippen LogP contribution in [-0.2, 0) is 0 Å². The SMILES string of the molecule is Cc1nc(N2CCN(c3ncccn3)CC2)sc1C(C)O. The summed E-state index contributed by atoms with van der Waals surface area (Å²) in [6.07, 6.45) is 3.09. The Bertz CT molecular complexity index is 593. The zero-order valence-electron chi connectivity index (χ0n) is 12.2. The molecule has 2 aromatic heterocycles. The van der Waals surface area contributed by atoms with Gasteiger partial charge >= 0.3 is 0 Å². The van der Waals surface area contributed by atoms with E-state index in [9.17, 15) is 5.11 Å². The Kier molecular flexibility index (Phi) is 4.03. The van der Waals surface area contributed by atoms with E-state index < -0.39 is 6.10 Å². The van der Waals surface area contributed by atoms with E-state index in [1.807, 2.05) is 13.0 Å². The van der Waals surface area contributed by atoms with Gasteiger partial charge in [0.1, 0.15) is 0 Å². The summed E-state index contributed by atoms with van der Waals surface area (Å²) in [7, 11) is 0. The fourth-order valence-corrected chi connectivity index (χ4v) is 3.52. The summed E-state index contributed by atoms with van der Waals surface area (Å²) in [6, 6.07) is 1.83. The van der Waals surface area contributed by atoms with Crippen LogP contribution in [-0.4, -0.2) is 46.2 Å². The highest BCUT2D eigenvalue weighted by atomic mass is 32.1. The van der Waals surface area contributed by atoms with Gasteiger partial charge in [-0.3, -0.25) is 0 Å². The summed E-state index contributed by atoms with van der Waals surface area (Å²) in [5.41, 5.74) is 0.929. The number of piperazine rings is 1. The molecule has 1 aliphatic heterocycles. The van der Waals surface area contributed by atoms with Crippen LogP contribution in [0.15, 0.2) is 18.5 Å². The molecule has 0 radical (unpaired) electrons. The summed E-state index contributed by atoms with van der Waals surface area (Å²) in [4.78, 5) is 18.6. The van der Waals surface area contributed by atoms with Gasteiger partial charge in [-0.2, -0.15) is 0 Å². The molecular weight excluding hydrogens is 286 g/mol. The van der Waals surface area contributed by atoms with Gasteiger partial charge in [-0.05, 0) is 19.9 Å². The number of aromatic nitrogens is 3. The molecule has 3 heterocycles. The van der Waals surface area contributed by atoms with Gasteiger partial charge in [0, 0.05) is 38.6 Å². The number of aliphatic hydroxyl groups is 1. The summed E-state index contributed by atoms with van der Waals surface area (Å²) >= 11 is 1.59. The maximum absolute atomic E-state index is 9.73. The first kappa shape index (κ1) is 14.2. The molecule has 0 saturated carbocycles. The van der Waals surface area contributed by atoms with Gasteiger partial charge in [-0.25, -0.2) is 15.0 Å². The number of anilines is 2. The summed E-state index contributed by atoms with van der Waals surface area (Å²) in [5, 5.41) is 10.7. The molecule has 0 bridgehead atoms. The normalized spacial score (nSPS) is 17.1. The smallest absolute Gasteiger partial charge is 0.225 e. The minimum atomic E-state index is -0.449. The largest absolute Gasteiger partial charge is 0.388 e. The second-order valence-electron chi connectivity index (χ2n) is 5.14. The molecule has 0 amide bonds. The molecule has 0 aromatic carbocycles. The minimum absolute atomic E-state index is 0.449. The van der Waals surface area contributed by atoms with Crippen molar-refractivity contribution in [2.24, 2.45) is 0 Å². The third kappa shape index (κ3) is 2.98. The van der Waals surface area contributed by atoms with E-state index in [1.54, 1.807) is 30.7 Å². The van der Waals surface area contributed by atoms with E-state index >= 15 is 0 Å².